The molecule has 16 heavy (non-hydrogen) atoms. The number of amides is 1. The van der Waals surface area contributed by atoms with E-state index in [1.165, 1.54) is 16.0 Å². The smallest absolute Gasteiger partial charge is 0.237 e. The molecule has 0 heterocycles. The molecule has 0 aromatic heterocycles. The monoisotopic (exact) mass is 238 g/mol. The van der Waals surface area contributed by atoms with Gasteiger partial charge in [-0.1, -0.05) is 13.0 Å². The lowest BCUT2D eigenvalue weighted by Gasteiger charge is -2.10. The first-order valence-electron chi connectivity index (χ1n) is 5.25. The fourth-order valence-electron chi connectivity index (χ4n) is 1.24. The van der Waals surface area contributed by atoms with E-state index in [0.29, 0.717) is 0 Å². The van der Waals surface area contributed by atoms with Crippen LogP contribution in [0.5, 0.6) is 0 Å². The second-order valence-corrected chi connectivity index (χ2v) is 5.06. The molecule has 1 rings (SSSR count). The molecule has 88 valence electrons. The molecule has 1 atom stereocenters. The standard InChI is InChI=1S/C12H18N2OS/c1-8-4-5-11(6-9(8)2)16-7-10(3)12(15)14-13/h4-6,10H,7,13H2,1-3H3,(H,14,15). The third-order valence-corrected chi connectivity index (χ3v) is 3.82. The Morgan fingerprint density at radius 1 is 1.44 bits per heavy atom. The number of benzene rings is 1. The molecular weight excluding hydrogens is 220 g/mol. The number of carbonyl (C=O) groups excluding carboxylic acids is 1. The SMILES string of the molecule is Cc1ccc(SCC(C)C(=O)NN)cc1C. The van der Waals surface area contributed by atoms with Crippen molar-refractivity contribution in [3.8, 4) is 0 Å². The van der Waals surface area contributed by atoms with Crippen molar-refractivity contribution in [1.82, 2.24) is 5.43 Å². The predicted molar refractivity (Wildman–Crippen MR) is 68.1 cm³/mol. The van der Waals surface area contributed by atoms with Crippen molar-refractivity contribution < 1.29 is 4.79 Å². The number of carbonyl (C=O) groups is 1. The molecule has 0 spiro atoms. The summed E-state index contributed by atoms with van der Waals surface area (Å²) in [6, 6.07) is 6.33. The van der Waals surface area contributed by atoms with Gasteiger partial charge in [-0.3, -0.25) is 10.2 Å². The highest BCUT2D eigenvalue weighted by Crippen LogP contribution is 2.23. The van der Waals surface area contributed by atoms with Crippen LogP contribution in [-0.2, 0) is 4.79 Å². The lowest BCUT2D eigenvalue weighted by atomic mass is 10.1. The van der Waals surface area contributed by atoms with Gasteiger partial charge in [-0.05, 0) is 37.1 Å². The lowest BCUT2D eigenvalue weighted by molar-refractivity contribution is -0.123. The van der Waals surface area contributed by atoms with Crippen molar-refractivity contribution in [2.45, 2.75) is 25.7 Å². The van der Waals surface area contributed by atoms with E-state index in [1.807, 2.05) is 6.92 Å². The Hall–Kier alpha value is -1.00. The van der Waals surface area contributed by atoms with Gasteiger partial charge in [0, 0.05) is 16.6 Å². The quantitative estimate of drug-likeness (QED) is 0.365. The van der Waals surface area contributed by atoms with Gasteiger partial charge in [-0.25, -0.2) is 5.84 Å². The van der Waals surface area contributed by atoms with Gasteiger partial charge in [0.05, 0.1) is 0 Å². The Bertz CT molecular complexity index is 379. The molecular formula is C12H18N2OS. The van der Waals surface area contributed by atoms with E-state index in [4.69, 9.17) is 5.84 Å². The minimum Gasteiger partial charge on any atom is -0.294 e. The van der Waals surface area contributed by atoms with E-state index in [0.717, 1.165) is 5.75 Å². The lowest BCUT2D eigenvalue weighted by Crippen LogP contribution is -2.35. The van der Waals surface area contributed by atoms with E-state index in [1.54, 1.807) is 11.8 Å². The summed E-state index contributed by atoms with van der Waals surface area (Å²) in [6.45, 7) is 6.06. The van der Waals surface area contributed by atoms with E-state index < -0.39 is 0 Å². The van der Waals surface area contributed by atoms with Crippen LogP contribution in [-0.4, -0.2) is 11.7 Å². The summed E-state index contributed by atoms with van der Waals surface area (Å²) >= 11 is 1.68. The molecule has 0 saturated heterocycles. The maximum Gasteiger partial charge on any atom is 0.237 e. The van der Waals surface area contributed by atoms with E-state index in [-0.39, 0.29) is 11.8 Å². The predicted octanol–water partition coefficient (Wildman–Crippen LogP) is 2.02. The van der Waals surface area contributed by atoms with Crippen molar-refractivity contribution >= 4 is 17.7 Å². The first kappa shape index (κ1) is 13.1. The van der Waals surface area contributed by atoms with Crippen molar-refractivity contribution in [1.29, 1.82) is 0 Å². The van der Waals surface area contributed by atoms with Gasteiger partial charge in [-0.15, -0.1) is 11.8 Å². The average molecular weight is 238 g/mol. The number of nitrogens with two attached hydrogens (primary N) is 1. The first-order valence-corrected chi connectivity index (χ1v) is 6.23. The van der Waals surface area contributed by atoms with Crippen LogP contribution >= 0.6 is 11.8 Å². The summed E-state index contributed by atoms with van der Waals surface area (Å²) in [7, 11) is 0. The fraction of sp³-hybridized carbons (Fsp3) is 0.417. The van der Waals surface area contributed by atoms with Gasteiger partial charge < -0.3 is 0 Å². The Morgan fingerprint density at radius 2 is 2.12 bits per heavy atom. The van der Waals surface area contributed by atoms with Gasteiger partial charge in [0.15, 0.2) is 0 Å². The highest BCUT2D eigenvalue weighted by molar-refractivity contribution is 7.99. The van der Waals surface area contributed by atoms with Crippen LogP contribution in [0.25, 0.3) is 0 Å². The van der Waals surface area contributed by atoms with Crippen LogP contribution in [0.1, 0.15) is 18.1 Å². The molecule has 0 aliphatic rings. The van der Waals surface area contributed by atoms with Crippen LogP contribution in [0.15, 0.2) is 23.1 Å². The number of hydrogen-bond donors (Lipinski definition) is 2. The van der Waals surface area contributed by atoms with E-state index in [2.05, 4.69) is 37.5 Å². The minimum absolute atomic E-state index is 0.0726. The molecule has 0 aliphatic carbocycles. The van der Waals surface area contributed by atoms with Gasteiger partial charge in [0.2, 0.25) is 5.91 Å². The average Bonchev–Trinajstić information content (AvgIpc) is 2.29. The molecule has 0 aliphatic heterocycles. The van der Waals surface area contributed by atoms with Crippen molar-refractivity contribution in [2.75, 3.05) is 5.75 Å². The highest BCUT2D eigenvalue weighted by atomic mass is 32.2. The zero-order valence-electron chi connectivity index (χ0n) is 9.91. The Morgan fingerprint density at radius 3 is 2.69 bits per heavy atom. The summed E-state index contributed by atoms with van der Waals surface area (Å²) in [5.41, 5.74) is 4.74. The minimum atomic E-state index is -0.115. The van der Waals surface area contributed by atoms with Crippen LogP contribution in [0.2, 0.25) is 0 Å². The summed E-state index contributed by atoms with van der Waals surface area (Å²) < 4.78 is 0. The summed E-state index contributed by atoms with van der Waals surface area (Å²) in [4.78, 5) is 12.4. The van der Waals surface area contributed by atoms with Gasteiger partial charge in [-0.2, -0.15) is 0 Å². The second-order valence-electron chi connectivity index (χ2n) is 3.97. The van der Waals surface area contributed by atoms with Gasteiger partial charge in [0.1, 0.15) is 0 Å². The van der Waals surface area contributed by atoms with Crippen LogP contribution in [0, 0.1) is 19.8 Å². The maximum atomic E-state index is 11.2. The molecule has 0 radical (unpaired) electrons. The largest absolute Gasteiger partial charge is 0.294 e. The molecule has 1 aromatic carbocycles. The number of aryl methyl sites for hydroxylation is 2. The fourth-order valence-corrected chi connectivity index (χ4v) is 2.26. The molecule has 1 amide bonds. The summed E-state index contributed by atoms with van der Waals surface area (Å²) in [5.74, 6) is 5.63. The molecule has 0 fully saturated rings. The summed E-state index contributed by atoms with van der Waals surface area (Å²) in [5, 5.41) is 0. The van der Waals surface area contributed by atoms with E-state index in [9.17, 15) is 4.79 Å². The molecule has 0 saturated carbocycles. The Kier molecular flexibility index (Phi) is 4.83. The number of thioether (sulfide) groups is 1. The molecule has 3 nitrogen and oxygen atoms in total. The highest BCUT2D eigenvalue weighted by Gasteiger charge is 2.11. The Labute approximate surface area is 101 Å². The van der Waals surface area contributed by atoms with Crippen LogP contribution in [0.3, 0.4) is 0 Å². The first-order chi connectivity index (χ1) is 7.54. The number of rotatable bonds is 4. The van der Waals surface area contributed by atoms with E-state index >= 15 is 0 Å². The van der Waals surface area contributed by atoms with Crippen molar-refractivity contribution in [3.05, 3.63) is 29.3 Å². The molecule has 3 N–H and O–H groups in total. The number of nitrogens with one attached hydrogen (secondary N) is 1. The van der Waals surface area contributed by atoms with Gasteiger partial charge in [0.25, 0.3) is 0 Å². The van der Waals surface area contributed by atoms with Crippen LogP contribution in [0.4, 0.5) is 0 Å². The second kappa shape index (κ2) is 5.92. The van der Waals surface area contributed by atoms with Crippen molar-refractivity contribution in [2.24, 2.45) is 11.8 Å². The molecule has 0 bridgehead atoms. The topological polar surface area (TPSA) is 55.1 Å². The maximum absolute atomic E-state index is 11.2. The van der Waals surface area contributed by atoms with Crippen LogP contribution < -0.4 is 11.3 Å². The summed E-state index contributed by atoms with van der Waals surface area (Å²) in [6.07, 6.45) is 0. The normalized spacial score (nSPS) is 12.2. The third kappa shape index (κ3) is 3.54. The van der Waals surface area contributed by atoms with Crippen molar-refractivity contribution in [3.63, 3.8) is 0 Å². The molecule has 1 unspecified atom stereocenters. The molecule has 4 heteroatoms. The zero-order valence-corrected chi connectivity index (χ0v) is 10.7. The number of hydrogen-bond acceptors (Lipinski definition) is 3. The third-order valence-electron chi connectivity index (χ3n) is 2.57. The number of hydrazine groups is 1. The molecule has 1 aromatic rings. The zero-order chi connectivity index (χ0) is 12.1. The van der Waals surface area contributed by atoms with Gasteiger partial charge >= 0.3 is 0 Å². The Balaban J connectivity index is 2.55.